The van der Waals surface area contributed by atoms with E-state index < -0.39 is 10.0 Å². The highest BCUT2D eigenvalue weighted by atomic mass is 32.2. The number of carbonyl (C=O) groups is 1. The van der Waals surface area contributed by atoms with Crippen LogP contribution in [0.2, 0.25) is 0 Å². The second-order valence-corrected chi connectivity index (χ2v) is 9.40. The molecule has 0 aromatic heterocycles. The molecule has 0 saturated carbocycles. The van der Waals surface area contributed by atoms with Crippen molar-refractivity contribution in [2.75, 3.05) is 32.9 Å². The third kappa shape index (κ3) is 5.38. The summed E-state index contributed by atoms with van der Waals surface area (Å²) < 4.78 is 38.4. The van der Waals surface area contributed by atoms with Gasteiger partial charge in [-0.3, -0.25) is 4.79 Å². The maximum atomic E-state index is 13.0. The summed E-state index contributed by atoms with van der Waals surface area (Å²) in [6.07, 6.45) is 0. The van der Waals surface area contributed by atoms with E-state index in [-0.39, 0.29) is 16.8 Å². The number of amides is 1. The maximum Gasteiger partial charge on any atom is 0.251 e. The van der Waals surface area contributed by atoms with Crippen molar-refractivity contribution in [1.29, 1.82) is 0 Å². The number of ether oxygens (including phenoxy) is 2. The number of nitrogens with zero attached hydrogens (tertiary/aromatic N) is 1. The summed E-state index contributed by atoms with van der Waals surface area (Å²) in [6, 6.07) is 12.2. The Morgan fingerprint density at radius 2 is 1.80 bits per heavy atom. The highest BCUT2D eigenvalue weighted by molar-refractivity contribution is 7.89. The molecule has 2 aromatic carbocycles. The molecular formula is C22H28N2O5S. The van der Waals surface area contributed by atoms with Gasteiger partial charge >= 0.3 is 0 Å². The molecular weight excluding hydrogens is 404 g/mol. The van der Waals surface area contributed by atoms with Gasteiger partial charge in [0.05, 0.1) is 24.2 Å². The molecule has 162 valence electrons. The lowest BCUT2D eigenvalue weighted by Crippen LogP contribution is -2.41. The Morgan fingerprint density at radius 3 is 2.47 bits per heavy atom. The Labute approximate surface area is 178 Å². The van der Waals surface area contributed by atoms with Crippen molar-refractivity contribution in [1.82, 2.24) is 9.62 Å². The predicted octanol–water partition coefficient (Wildman–Crippen LogP) is 2.52. The van der Waals surface area contributed by atoms with Crippen molar-refractivity contribution in [3.8, 4) is 5.75 Å². The van der Waals surface area contributed by atoms with Crippen molar-refractivity contribution in [2.45, 2.75) is 31.7 Å². The van der Waals surface area contributed by atoms with Crippen molar-refractivity contribution in [2.24, 2.45) is 0 Å². The zero-order valence-electron chi connectivity index (χ0n) is 17.6. The van der Waals surface area contributed by atoms with Crippen LogP contribution in [-0.4, -0.2) is 57.6 Å². The predicted molar refractivity (Wildman–Crippen MR) is 114 cm³/mol. The van der Waals surface area contributed by atoms with E-state index in [1.54, 1.807) is 19.1 Å². The maximum absolute atomic E-state index is 13.0. The van der Waals surface area contributed by atoms with Crippen molar-refractivity contribution >= 4 is 15.9 Å². The molecule has 3 rings (SSSR count). The van der Waals surface area contributed by atoms with E-state index in [1.165, 1.54) is 10.4 Å². The highest BCUT2D eigenvalue weighted by Crippen LogP contribution is 2.22. The third-order valence-electron chi connectivity index (χ3n) is 4.94. The van der Waals surface area contributed by atoms with E-state index in [0.717, 1.165) is 11.3 Å². The van der Waals surface area contributed by atoms with Crippen molar-refractivity contribution < 1.29 is 22.7 Å². The molecule has 0 aliphatic carbocycles. The summed E-state index contributed by atoms with van der Waals surface area (Å²) in [5, 5.41) is 2.86. The molecule has 1 aliphatic rings. The van der Waals surface area contributed by atoms with Crippen LogP contribution in [0, 0.1) is 13.8 Å². The van der Waals surface area contributed by atoms with Crippen LogP contribution >= 0.6 is 0 Å². The number of hydrogen-bond acceptors (Lipinski definition) is 5. The minimum absolute atomic E-state index is 0.153. The van der Waals surface area contributed by atoms with Crippen LogP contribution in [0.25, 0.3) is 0 Å². The molecule has 1 fully saturated rings. The third-order valence-corrected chi connectivity index (χ3v) is 6.98. The fourth-order valence-corrected chi connectivity index (χ4v) is 4.81. The molecule has 1 aliphatic heterocycles. The van der Waals surface area contributed by atoms with E-state index in [1.807, 2.05) is 38.1 Å². The quantitative estimate of drug-likeness (QED) is 0.727. The summed E-state index contributed by atoms with van der Waals surface area (Å²) >= 11 is 0. The van der Waals surface area contributed by atoms with Crippen LogP contribution < -0.4 is 10.1 Å². The molecule has 8 heteroatoms. The summed E-state index contributed by atoms with van der Waals surface area (Å²) in [5.74, 6) is 0.393. The van der Waals surface area contributed by atoms with Gasteiger partial charge in [0.25, 0.3) is 5.91 Å². The van der Waals surface area contributed by atoms with Crippen LogP contribution in [0.15, 0.2) is 47.4 Å². The van der Waals surface area contributed by atoms with Gasteiger partial charge in [0.15, 0.2) is 0 Å². The van der Waals surface area contributed by atoms with Crippen LogP contribution in [0.3, 0.4) is 0 Å². The molecule has 0 bridgehead atoms. The van der Waals surface area contributed by atoms with Crippen LogP contribution in [-0.2, 0) is 14.8 Å². The Kier molecular flexibility index (Phi) is 7.12. The Balaban J connectivity index is 1.67. The Bertz CT molecular complexity index is 983. The number of rotatable bonds is 7. The Morgan fingerprint density at radius 1 is 1.13 bits per heavy atom. The summed E-state index contributed by atoms with van der Waals surface area (Å²) in [5.41, 5.74) is 2.05. The fraction of sp³-hybridized carbons (Fsp3) is 0.409. The molecule has 1 unspecified atom stereocenters. The number of hydrogen-bond donors (Lipinski definition) is 1. The average Bonchev–Trinajstić information content (AvgIpc) is 2.74. The molecule has 30 heavy (non-hydrogen) atoms. The lowest BCUT2D eigenvalue weighted by molar-refractivity contribution is 0.0730. The molecule has 1 atom stereocenters. The molecule has 1 saturated heterocycles. The summed E-state index contributed by atoms with van der Waals surface area (Å²) in [7, 11) is -3.68. The van der Waals surface area contributed by atoms with E-state index in [0.29, 0.717) is 44.0 Å². The molecule has 1 heterocycles. The largest absolute Gasteiger partial charge is 0.491 e. The van der Waals surface area contributed by atoms with Crippen LogP contribution in [0.4, 0.5) is 0 Å². The summed E-state index contributed by atoms with van der Waals surface area (Å²) in [4.78, 5) is 12.8. The van der Waals surface area contributed by atoms with E-state index >= 15 is 0 Å². The molecule has 0 spiro atoms. The van der Waals surface area contributed by atoms with Gasteiger partial charge in [-0.2, -0.15) is 4.31 Å². The molecule has 1 amide bonds. The van der Waals surface area contributed by atoms with Crippen LogP contribution in [0.5, 0.6) is 5.75 Å². The van der Waals surface area contributed by atoms with Gasteiger partial charge in [-0.1, -0.05) is 23.8 Å². The summed E-state index contributed by atoms with van der Waals surface area (Å²) in [6.45, 7) is 7.24. The average molecular weight is 433 g/mol. The monoisotopic (exact) mass is 432 g/mol. The Hall–Kier alpha value is -2.42. The van der Waals surface area contributed by atoms with Gasteiger partial charge in [0, 0.05) is 18.7 Å². The second-order valence-electron chi connectivity index (χ2n) is 7.50. The second kappa shape index (κ2) is 9.59. The zero-order chi connectivity index (χ0) is 21.7. The topological polar surface area (TPSA) is 84.9 Å². The fourth-order valence-electron chi connectivity index (χ4n) is 3.15. The molecule has 1 N–H and O–H groups in total. The van der Waals surface area contributed by atoms with Gasteiger partial charge in [-0.15, -0.1) is 0 Å². The number of aryl methyl sites for hydroxylation is 2. The van der Waals surface area contributed by atoms with Gasteiger partial charge in [-0.05, 0) is 50.6 Å². The van der Waals surface area contributed by atoms with Crippen LogP contribution in [0.1, 0.15) is 28.4 Å². The van der Waals surface area contributed by atoms with Gasteiger partial charge in [-0.25, -0.2) is 8.42 Å². The number of morpholine rings is 1. The number of nitrogens with one attached hydrogen (secondary N) is 1. The standard InChI is InChI=1S/C22H28N2O5S/c1-16-4-8-20(9-5-16)29-15-18(3)23-22(25)19-7-6-17(2)21(14-19)30(26,27)24-10-12-28-13-11-24/h4-9,14,18H,10-13,15H2,1-3H3,(H,23,25). The lowest BCUT2D eigenvalue weighted by atomic mass is 10.1. The minimum atomic E-state index is -3.68. The first-order valence-electron chi connectivity index (χ1n) is 9.96. The van der Waals surface area contributed by atoms with E-state index in [4.69, 9.17) is 9.47 Å². The molecule has 2 aromatic rings. The van der Waals surface area contributed by atoms with Gasteiger partial charge < -0.3 is 14.8 Å². The first-order chi connectivity index (χ1) is 14.3. The van der Waals surface area contributed by atoms with Crippen molar-refractivity contribution in [3.63, 3.8) is 0 Å². The SMILES string of the molecule is Cc1ccc(OCC(C)NC(=O)c2ccc(C)c(S(=O)(=O)N3CCOCC3)c2)cc1. The normalized spacial score (nSPS) is 16.1. The van der Waals surface area contributed by atoms with Gasteiger partial charge in [0.1, 0.15) is 12.4 Å². The highest BCUT2D eigenvalue weighted by Gasteiger charge is 2.28. The van der Waals surface area contributed by atoms with Crippen molar-refractivity contribution in [3.05, 3.63) is 59.2 Å². The lowest BCUT2D eigenvalue weighted by Gasteiger charge is -2.26. The zero-order valence-corrected chi connectivity index (χ0v) is 18.4. The number of sulfonamides is 1. The minimum Gasteiger partial charge on any atom is -0.491 e. The smallest absolute Gasteiger partial charge is 0.251 e. The number of carbonyl (C=O) groups excluding carboxylic acids is 1. The van der Waals surface area contributed by atoms with E-state index in [9.17, 15) is 13.2 Å². The number of benzene rings is 2. The first-order valence-corrected chi connectivity index (χ1v) is 11.4. The molecule has 0 radical (unpaired) electrons. The molecule has 7 nitrogen and oxygen atoms in total. The van der Waals surface area contributed by atoms with E-state index in [2.05, 4.69) is 5.32 Å². The first kappa shape index (κ1) is 22.3. The van der Waals surface area contributed by atoms with Gasteiger partial charge in [0.2, 0.25) is 10.0 Å².